The molecule has 17 nitrogen and oxygen atoms in total. The monoisotopic (exact) mass is 760 g/mol. The minimum atomic E-state index is -1.78. The van der Waals surface area contributed by atoms with Crippen LogP contribution >= 0.6 is 23.1 Å². The van der Waals surface area contributed by atoms with Crippen LogP contribution in [0.15, 0.2) is 76.8 Å². The Bertz CT molecular complexity index is 2180. The molecule has 1 aromatic carbocycles. The molecule has 19 heteroatoms. The molecule has 2 atom stereocenters. The van der Waals surface area contributed by atoms with Crippen LogP contribution < -0.4 is 31.8 Å². The number of aliphatic carboxylic acids is 2. The van der Waals surface area contributed by atoms with E-state index < -0.39 is 46.5 Å². The van der Waals surface area contributed by atoms with Gasteiger partial charge in [-0.25, -0.2) is 14.3 Å². The molecule has 3 aromatic heterocycles. The fraction of sp³-hybridized carbons (Fsp3) is 0.294. The van der Waals surface area contributed by atoms with Crippen molar-refractivity contribution in [3.8, 4) is 0 Å². The molecule has 0 bridgehead atoms. The van der Waals surface area contributed by atoms with Crippen LogP contribution in [0.5, 0.6) is 0 Å². The Morgan fingerprint density at radius 2 is 1.98 bits per heavy atom. The van der Waals surface area contributed by atoms with Crippen LogP contribution in [0, 0.1) is 5.41 Å². The number of fused-ring (bicyclic) bond motifs is 2. The van der Waals surface area contributed by atoms with Gasteiger partial charge in [0.2, 0.25) is 5.60 Å². The number of oxime groups is 1. The number of aromatic nitrogens is 3. The molecule has 2 amide bonds. The molecule has 0 saturated carbocycles. The Balaban J connectivity index is 1.15. The maximum atomic E-state index is 13.4. The first-order valence-corrected chi connectivity index (χ1v) is 18.2. The van der Waals surface area contributed by atoms with Gasteiger partial charge in [-0.3, -0.25) is 19.9 Å². The number of nitrogens with one attached hydrogen (secondary N) is 3. The molecule has 1 fully saturated rings. The van der Waals surface area contributed by atoms with Crippen LogP contribution in [0.2, 0.25) is 0 Å². The largest absolute Gasteiger partial charge is 0.543 e. The number of hydrogen-bond acceptors (Lipinski definition) is 13. The molecule has 2 aliphatic heterocycles. The van der Waals surface area contributed by atoms with E-state index in [1.165, 1.54) is 31.0 Å². The van der Waals surface area contributed by atoms with E-state index in [0.717, 1.165) is 38.3 Å². The number of benzene rings is 1. The number of hydrogen-bond donors (Lipinski definition) is 6. The van der Waals surface area contributed by atoms with Crippen molar-refractivity contribution in [3.05, 3.63) is 88.5 Å². The summed E-state index contributed by atoms with van der Waals surface area (Å²) in [4.78, 5) is 61.0. The third-order valence-corrected chi connectivity index (χ3v) is 10.6. The second-order valence-corrected chi connectivity index (χ2v) is 14.7. The van der Waals surface area contributed by atoms with E-state index in [1.54, 1.807) is 0 Å². The van der Waals surface area contributed by atoms with Gasteiger partial charge in [0.05, 0.1) is 22.6 Å². The lowest BCUT2D eigenvalue weighted by molar-refractivity contribution is -0.687. The molecule has 0 radical (unpaired) electrons. The summed E-state index contributed by atoms with van der Waals surface area (Å²) in [5.41, 5.74) is 12.1. The highest BCUT2D eigenvalue weighted by Crippen LogP contribution is 2.40. The van der Waals surface area contributed by atoms with Crippen LogP contribution in [0.3, 0.4) is 0 Å². The van der Waals surface area contributed by atoms with Crippen molar-refractivity contribution in [2.24, 2.45) is 10.9 Å². The lowest BCUT2D eigenvalue weighted by atomic mass is 10.0. The zero-order valence-electron chi connectivity index (χ0n) is 28.6. The fourth-order valence-electron chi connectivity index (χ4n) is 5.72. The molecule has 8 N–H and O–H groups in total. The van der Waals surface area contributed by atoms with Gasteiger partial charge in [0, 0.05) is 54.2 Å². The van der Waals surface area contributed by atoms with Gasteiger partial charge in [0.1, 0.15) is 22.9 Å². The number of pyridine rings is 1. The number of anilines is 1. The standard InChI is InChI=1S/C34H36N10O7S2/c1-34(2,32(49)50)51-41-24(22-17-53-33(37)39-22)28(45)40-25-29(46)44-26(31(47)48)21(16-52-30(25)44)15-42-11-8-23-20(14-42)7-12-43(23)13-18-3-5-19(6-4-18)27(36)38-10-9-35/h3-8,11-12,14,17,25,30H,9-10,13,15-16,35H2,1-2H3,(H6-,36,37,38,39,40,45,47,48,49,50)/b41-24-/t25-,30-/m1/s1. The summed E-state index contributed by atoms with van der Waals surface area (Å²) in [5, 5.41) is 41.0. The third-order valence-electron chi connectivity index (χ3n) is 8.57. The summed E-state index contributed by atoms with van der Waals surface area (Å²) >= 11 is 2.30. The number of β-lactam (4-membered cyclic amide) rings is 1. The number of nitrogens with zero attached hydrogens (tertiary/aromatic N) is 5. The Morgan fingerprint density at radius 1 is 1.23 bits per heavy atom. The average Bonchev–Trinajstić information content (AvgIpc) is 3.74. The Kier molecular flexibility index (Phi) is 10.5. The maximum Gasteiger partial charge on any atom is 0.350 e. The number of carboxylic acid groups (broad SMARTS) is 2. The summed E-state index contributed by atoms with van der Waals surface area (Å²) in [5.74, 6) is -3.84. The summed E-state index contributed by atoms with van der Waals surface area (Å²) in [6, 6.07) is 10.5. The van der Waals surface area contributed by atoms with Crippen molar-refractivity contribution in [2.45, 2.75) is 44.0 Å². The SMILES string of the molecule is CC(C)(O/N=C(\C(=O)N[C@@H]1C(=O)N2C(C(=O)[O-])=C(C[n+]3ccc4c(ccn4Cc4ccc(C(=N)NCCN)cc4)c3)CS[C@H]12)c1csc(N)n1)C(=O)O. The molecule has 1 saturated heterocycles. The van der Waals surface area contributed by atoms with Gasteiger partial charge in [-0.1, -0.05) is 29.4 Å². The third kappa shape index (κ3) is 7.71. The number of thioether (sulfide) groups is 1. The lowest BCUT2D eigenvalue weighted by Crippen LogP contribution is -2.71. The first-order valence-electron chi connectivity index (χ1n) is 16.3. The minimum Gasteiger partial charge on any atom is -0.543 e. The number of nitrogens with two attached hydrogens (primary N) is 2. The van der Waals surface area contributed by atoms with Gasteiger partial charge in [-0.15, -0.1) is 23.1 Å². The molecular formula is C34H36N10O7S2. The number of carbonyl (C=O) groups excluding carboxylic acids is 3. The van der Waals surface area contributed by atoms with Gasteiger partial charge in [-0.2, -0.15) is 0 Å². The zero-order valence-corrected chi connectivity index (χ0v) is 30.2. The number of amides is 2. The van der Waals surface area contributed by atoms with Gasteiger partial charge >= 0.3 is 5.97 Å². The zero-order chi connectivity index (χ0) is 38.0. The number of carbonyl (C=O) groups is 4. The smallest absolute Gasteiger partial charge is 0.350 e. The topological polar surface area (TPSA) is 258 Å². The average molecular weight is 761 g/mol. The molecule has 0 aliphatic carbocycles. The number of rotatable bonds is 14. The summed E-state index contributed by atoms with van der Waals surface area (Å²) < 4.78 is 3.93. The predicted octanol–water partition coefficient (Wildman–Crippen LogP) is -0.423. The van der Waals surface area contributed by atoms with E-state index in [0.29, 0.717) is 31.0 Å². The van der Waals surface area contributed by atoms with E-state index in [1.807, 2.05) is 59.6 Å². The highest BCUT2D eigenvalue weighted by molar-refractivity contribution is 8.00. The Morgan fingerprint density at radius 3 is 2.64 bits per heavy atom. The van der Waals surface area contributed by atoms with E-state index in [2.05, 4.69) is 25.3 Å². The van der Waals surface area contributed by atoms with Gasteiger partial charge < -0.3 is 46.5 Å². The molecule has 276 valence electrons. The molecule has 6 rings (SSSR count). The van der Waals surface area contributed by atoms with Crippen molar-refractivity contribution in [3.63, 3.8) is 0 Å². The number of nitrogen functional groups attached to an aromatic ring is 1. The van der Waals surface area contributed by atoms with Crippen LogP contribution in [0.25, 0.3) is 10.9 Å². The first-order chi connectivity index (χ1) is 25.3. The van der Waals surface area contributed by atoms with Crippen molar-refractivity contribution >= 4 is 74.4 Å². The van der Waals surface area contributed by atoms with E-state index in [-0.39, 0.29) is 28.8 Å². The van der Waals surface area contributed by atoms with Crippen LogP contribution in [-0.2, 0) is 37.1 Å². The van der Waals surface area contributed by atoms with Crippen molar-refractivity contribution < 1.29 is 38.8 Å². The number of amidine groups is 1. The van der Waals surface area contributed by atoms with Crippen molar-refractivity contribution in [1.82, 2.24) is 25.1 Å². The molecule has 53 heavy (non-hydrogen) atoms. The maximum absolute atomic E-state index is 13.4. The van der Waals surface area contributed by atoms with Crippen LogP contribution in [0.4, 0.5) is 5.13 Å². The van der Waals surface area contributed by atoms with E-state index >= 15 is 0 Å². The molecule has 4 aromatic rings. The Hall–Kier alpha value is -5.79. The summed E-state index contributed by atoms with van der Waals surface area (Å²) in [6.07, 6.45) is 5.70. The second kappa shape index (κ2) is 15.1. The van der Waals surface area contributed by atoms with Gasteiger partial charge in [0.25, 0.3) is 11.8 Å². The second-order valence-electron chi connectivity index (χ2n) is 12.7. The minimum absolute atomic E-state index is 0.0105. The molecule has 0 unspecified atom stereocenters. The number of thiazole rings is 1. The summed E-state index contributed by atoms with van der Waals surface area (Å²) in [6.45, 7) is 4.23. The van der Waals surface area contributed by atoms with E-state index in [4.69, 9.17) is 21.7 Å². The molecule has 5 heterocycles. The van der Waals surface area contributed by atoms with E-state index in [9.17, 15) is 29.4 Å². The van der Waals surface area contributed by atoms with Gasteiger partial charge in [0.15, 0.2) is 29.8 Å². The first kappa shape index (κ1) is 37.0. The fourth-order valence-corrected chi connectivity index (χ4v) is 7.61. The highest BCUT2D eigenvalue weighted by atomic mass is 32.2. The van der Waals surface area contributed by atoms with Crippen molar-refractivity contribution in [1.29, 1.82) is 5.41 Å². The highest BCUT2D eigenvalue weighted by Gasteiger charge is 2.53. The van der Waals surface area contributed by atoms with Crippen molar-refractivity contribution in [2.75, 3.05) is 24.6 Å². The van der Waals surface area contributed by atoms with Gasteiger partial charge in [-0.05, 0) is 25.5 Å². The molecule has 2 aliphatic rings. The lowest BCUT2D eigenvalue weighted by Gasteiger charge is -2.50. The number of carboxylic acids is 2. The molecule has 0 spiro atoms. The Labute approximate surface area is 310 Å². The van der Waals surface area contributed by atoms with Crippen LogP contribution in [0.1, 0.15) is 30.7 Å². The normalized spacial score (nSPS) is 17.3. The molecular weight excluding hydrogens is 725 g/mol. The van der Waals surface area contributed by atoms with Crippen LogP contribution in [-0.4, -0.2) is 90.7 Å². The quantitative estimate of drug-likeness (QED) is 0.0315. The summed E-state index contributed by atoms with van der Waals surface area (Å²) in [7, 11) is 0. The predicted molar refractivity (Wildman–Crippen MR) is 194 cm³/mol.